The second-order valence-electron chi connectivity index (χ2n) is 3.36. The van der Waals surface area contributed by atoms with Crippen molar-refractivity contribution in [2.45, 2.75) is 25.8 Å². The predicted molar refractivity (Wildman–Crippen MR) is 44.6 cm³/mol. The van der Waals surface area contributed by atoms with Crippen LogP contribution in [0.5, 0.6) is 0 Å². The van der Waals surface area contributed by atoms with Crippen LogP contribution >= 0.6 is 0 Å². The Morgan fingerprint density at radius 3 is 2.00 bits per heavy atom. The van der Waals surface area contributed by atoms with Crippen LogP contribution in [0.4, 0.5) is 0 Å². The normalized spacial score (nSPS) is 14.8. The first kappa shape index (κ1) is 11.4. The quantitative estimate of drug-likeness (QED) is 0.444. The van der Waals surface area contributed by atoms with Crippen molar-refractivity contribution in [2.75, 3.05) is 0 Å². The molecule has 0 aromatic carbocycles. The number of rotatable bonds is 4. The Morgan fingerprint density at radius 2 is 1.67 bits per heavy atom. The molecule has 0 aromatic heterocycles. The maximum absolute atomic E-state index is 2.35. The molecule has 0 fully saturated rings. The standard InChI is InChI=1S/C5H8.4Li/c1-3-5-4-2;;;;/h1,3H,2,4-5H2;;;;. The van der Waals surface area contributed by atoms with E-state index in [9.17, 15) is 0 Å². The van der Waals surface area contributed by atoms with Crippen LogP contribution < -0.4 is 0 Å². The van der Waals surface area contributed by atoms with Crippen LogP contribution in [0.15, 0.2) is 0 Å². The van der Waals surface area contributed by atoms with E-state index in [2.05, 4.69) is 70.9 Å². The fraction of sp³-hybridized carbons (Fsp3) is 1.00. The number of hydrogen-bond donors (Lipinski definition) is 0. The van der Waals surface area contributed by atoms with Gasteiger partial charge in [0, 0.05) is 0 Å². The molecule has 0 radical (unpaired) electrons. The summed E-state index contributed by atoms with van der Waals surface area (Å²) < 4.78 is 1.79. The molecule has 0 saturated carbocycles. The van der Waals surface area contributed by atoms with Gasteiger partial charge in [-0.15, -0.1) is 0 Å². The van der Waals surface area contributed by atoms with Crippen molar-refractivity contribution < 1.29 is 0 Å². The summed E-state index contributed by atoms with van der Waals surface area (Å²) in [7, 11) is 0. The zero-order valence-electron chi connectivity index (χ0n) is 7.28. The second kappa shape index (κ2) is 7.06. The molecule has 0 saturated heterocycles. The van der Waals surface area contributed by atoms with E-state index in [0.29, 0.717) is 0 Å². The monoisotopic (exact) mass is 96.1 g/mol. The van der Waals surface area contributed by atoms with Crippen molar-refractivity contribution in [2.24, 2.45) is 0 Å². The molecule has 32 valence electrons. The third-order valence-electron chi connectivity index (χ3n) is 2.15. The van der Waals surface area contributed by atoms with Crippen molar-refractivity contribution in [1.29, 1.82) is 0 Å². The molecule has 0 aliphatic heterocycles. The topological polar surface area (TPSA) is 0 Å². The molecule has 0 rings (SSSR count). The maximum atomic E-state index is 2.35. The van der Waals surface area contributed by atoms with Gasteiger partial charge in [-0.3, -0.25) is 0 Å². The van der Waals surface area contributed by atoms with Crippen LogP contribution in [0.2, 0.25) is 12.9 Å². The van der Waals surface area contributed by atoms with E-state index in [1.54, 1.807) is 0 Å². The summed E-state index contributed by atoms with van der Waals surface area (Å²) in [5.41, 5.74) is 0. The molecule has 0 bridgehead atoms. The minimum absolute atomic E-state index is 0.872. The summed E-state index contributed by atoms with van der Waals surface area (Å²) in [6.45, 7) is 0. The minimum atomic E-state index is 0.872. The Hall–Kier alpha value is 2.39. The van der Waals surface area contributed by atoms with Gasteiger partial charge in [0.15, 0.2) is 0 Å². The molecule has 0 aliphatic rings. The van der Waals surface area contributed by atoms with Gasteiger partial charge < -0.3 is 0 Å². The fourth-order valence-corrected chi connectivity index (χ4v) is 0.859. The van der Waals surface area contributed by atoms with Crippen molar-refractivity contribution >= 4 is 70.9 Å². The molecule has 1 unspecified atom stereocenters. The van der Waals surface area contributed by atoms with Gasteiger partial charge in [-0.25, -0.2) is 0 Å². The summed E-state index contributed by atoms with van der Waals surface area (Å²) in [5, 5.41) is 1.34. The molecule has 0 aliphatic carbocycles. The first-order valence-corrected chi connectivity index (χ1v) is 4.18. The van der Waals surface area contributed by atoms with Crippen LogP contribution in [-0.4, -0.2) is 70.9 Å². The van der Waals surface area contributed by atoms with Crippen molar-refractivity contribution in [3.63, 3.8) is 0 Å². The molecular weight excluding hydrogens is 87.8 g/mol. The molecule has 0 spiro atoms. The van der Waals surface area contributed by atoms with Crippen LogP contribution in [0.3, 0.4) is 0 Å². The molecule has 0 N–H and O–H groups in total. The van der Waals surface area contributed by atoms with E-state index in [0.717, 1.165) is 7.85 Å². The van der Waals surface area contributed by atoms with Crippen molar-refractivity contribution in [1.82, 2.24) is 0 Å². The molecule has 4 heteroatoms. The third-order valence-corrected chi connectivity index (χ3v) is 2.15. The van der Waals surface area contributed by atoms with Gasteiger partial charge >= 0.3 is 96.7 Å². The van der Waals surface area contributed by atoms with Gasteiger partial charge in [-0.1, -0.05) is 0 Å². The van der Waals surface area contributed by atoms with E-state index in [1.807, 2.05) is 0 Å². The average molecular weight is 95.9 g/mol. The van der Waals surface area contributed by atoms with E-state index in [4.69, 9.17) is 0 Å². The van der Waals surface area contributed by atoms with Crippen LogP contribution in [-0.2, 0) is 0 Å². The molecule has 0 nitrogen and oxygen atoms in total. The zero-order valence-corrected chi connectivity index (χ0v) is 7.28. The number of hydrogen-bond acceptors (Lipinski definition) is 0. The van der Waals surface area contributed by atoms with Crippen LogP contribution in [0, 0.1) is 0 Å². The first-order valence-electron chi connectivity index (χ1n) is 4.18. The van der Waals surface area contributed by atoms with E-state index in [1.165, 1.54) is 17.9 Å². The van der Waals surface area contributed by atoms with E-state index in [-0.39, 0.29) is 0 Å². The first-order chi connectivity index (χ1) is 4.18. The summed E-state index contributed by atoms with van der Waals surface area (Å²) in [4.78, 5) is 0. The SMILES string of the molecule is [Li][CH2]CC[CH]([Li])[CH]([Li])[Li]. The molecule has 0 amide bonds. The Kier molecular flexibility index (Phi) is 8.94. The molecule has 1 atom stereocenters. The van der Waals surface area contributed by atoms with Gasteiger partial charge in [0.25, 0.3) is 0 Å². The van der Waals surface area contributed by atoms with Crippen molar-refractivity contribution in [3.05, 3.63) is 0 Å². The molecule has 0 heterocycles. The van der Waals surface area contributed by atoms with Gasteiger partial charge in [0.1, 0.15) is 0 Å². The Morgan fingerprint density at radius 1 is 1.11 bits per heavy atom. The van der Waals surface area contributed by atoms with Gasteiger partial charge in [0.2, 0.25) is 0 Å². The zero-order chi connectivity index (χ0) is 7.28. The molecule has 0 aromatic rings. The summed E-state index contributed by atoms with van der Waals surface area (Å²) in [6.07, 6.45) is 2.81. The molecule has 9 heavy (non-hydrogen) atoms. The van der Waals surface area contributed by atoms with E-state index >= 15 is 0 Å². The van der Waals surface area contributed by atoms with Gasteiger partial charge in [-0.05, 0) is 0 Å². The Balaban J connectivity index is 3.16. The Bertz CT molecular complexity index is 64.0. The summed E-state index contributed by atoms with van der Waals surface area (Å²) in [6, 6.07) is 0. The van der Waals surface area contributed by atoms with Crippen molar-refractivity contribution in [3.8, 4) is 0 Å². The third kappa shape index (κ3) is 6.77. The van der Waals surface area contributed by atoms with Crippen LogP contribution in [0.1, 0.15) is 12.8 Å². The fourth-order valence-electron chi connectivity index (χ4n) is 0.859. The van der Waals surface area contributed by atoms with Crippen LogP contribution in [0.25, 0.3) is 0 Å². The average Bonchev–Trinajstić information content (AvgIpc) is 1.82. The predicted octanol–water partition coefficient (Wildman–Crippen LogP) is 0.393. The van der Waals surface area contributed by atoms with Gasteiger partial charge in [-0.2, -0.15) is 0 Å². The summed E-state index contributed by atoms with van der Waals surface area (Å²) >= 11 is 9.22. The van der Waals surface area contributed by atoms with Gasteiger partial charge in [0.05, 0.1) is 0 Å². The Labute approximate surface area is 95.5 Å². The van der Waals surface area contributed by atoms with E-state index < -0.39 is 0 Å². The second-order valence-corrected chi connectivity index (χ2v) is 3.36. The molecular formula is C5H8Li4. The summed E-state index contributed by atoms with van der Waals surface area (Å²) in [5.74, 6) is 0.